The molecule has 5 nitrogen and oxygen atoms in total. The largest absolute Gasteiger partial charge is 0.330 e. The molecule has 104 valence electrons. The minimum atomic E-state index is 0.667. The summed E-state index contributed by atoms with van der Waals surface area (Å²) in [6.07, 6.45) is 8.51. The van der Waals surface area contributed by atoms with Gasteiger partial charge in [-0.1, -0.05) is 12.1 Å². The van der Waals surface area contributed by atoms with E-state index in [-0.39, 0.29) is 0 Å². The summed E-state index contributed by atoms with van der Waals surface area (Å²) in [5.41, 5.74) is 4.00. The van der Waals surface area contributed by atoms with Crippen LogP contribution in [0.5, 0.6) is 0 Å². The average Bonchev–Trinajstić information content (AvgIpc) is 3.14. The predicted octanol–water partition coefficient (Wildman–Crippen LogP) is 2.40. The average molecular weight is 277 g/mol. The van der Waals surface area contributed by atoms with E-state index in [9.17, 15) is 0 Å². The van der Waals surface area contributed by atoms with Crippen LogP contribution >= 0.6 is 0 Å². The Kier molecular flexibility index (Phi) is 3.52. The maximum absolute atomic E-state index is 8.85. The summed E-state index contributed by atoms with van der Waals surface area (Å²) in [6, 6.07) is 9.69. The van der Waals surface area contributed by atoms with Gasteiger partial charge >= 0.3 is 0 Å². The molecule has 0 N–H and O–H groups in total. The number of hydrogen-bond donors (Lipinski definition) is 0. The molecule has 5 heteroatoms. The highest BCUT2D eigenvalue weighted by Crippen LogP contribution is 2.19. The molecule has 21 heavy (non-hydrogen) atoms. The smallest absolute Gasteiger partial charge is 0.0991 e. The van der Waals surface area contributed by atoms with Gasteiger partial charge in [-0.3, -0.25) is 4.68 Å². The molecule has 0 atom stereocenters. The predicted molar refractivity (Wildman–Crippen MR) is 79.3 cm³/mol. The SMILES string of the molecule is Cn1cc(CCn2cncc2-c2ccc(C#N)cc2)cn1. The van der Waals surface area contributed by atoms with Gasteiger partial charge in [0.25, 0.3) is 0 Å². The maximum Gasteiger partial charge on any atom is 0.0991 e. The van der Waals surface area contributed by atoms with Gasteiger partial charge in [-0.05, 0) is 29.7 Å². The van der Waals surface area contributed by atoms with E-state index in [1.54, 1.807) is 0 Å². The topological polar surface area (TPSA) is 59.4 Å². The molecule has 2 heterocycles. The lowest BCUT2D eigenvalue weighted by Crippen LogP contribution is -2.01. The third kappa shape index (κ3) is 2.84. The van der Waals surface area contributed by atoms with Crippen molar-refractivity contribution in [2.24, 2.45) is 7.05 Å². The van der Waals surface area contributed by atoms with Crippen LogP contribution < -0.4 is 0 Å². The molecule has 0 aliphatic rings. The number of aromatic nitrogens is 4. The Hall–Kier alpha value is -2.87. The number of nitriles is 1. The van der Waals surface area contributed by atoms with Crippen LogP contribution in [0, 0.1) is 11.3 Å². The minimum absolute atomic E-state index is 0.667. The molecular weight excluding hydrogens is 262 g/mol. The van der Waals surface area contributed by atoms with Crippen LogP contribution in [0.25, 0.3) is 11.3 Å². The molecule has 0 aliphatic carbocycles. The lowest BCUT2D eigenvalue weighted by atomic mass is 10.1. The zero-order valence-electron chi connectivity index (χ0n) is 11.8. The molecule has 3 rings (SSSR count). The number of nitrogens with zero attached hydrogens (tertiary/aromatic N) is 5. The van der Waals surface area contributed by atoms with Gasteiger partial charge in [-0.15, -0.1) is 0 Å². The quantitative estimate of drug-likeness (QED) is 0.735. The first-order valence-electron chi connectivity index (χ1n) is 6.74. The monoisotopic (exact) mass is 277 g/mol. The highest BCUT2D eigenvalue weighted by molar-refractivity contribution is 5.60. The first kappa shape index (κ1) is 13.1. The Labute approximate surface area is 123 Å². The first-order valence-corrected chi connectivity index (χ1v) is 6.74. The van der Waals surface area contributed by atoms with Crippen molar-refractivity contribution < 1.29 is 0 Å². The second-order valence-electron chi connectivity index (χ2n) is 4.93. The molecule has 2 aromatic heterocycles. The third-order valence-corrected chi connectivity index (χ3v) is 3.42. The molecule has 0 fully saturated rings. The van der Waals surface area contributed by atoms with Crippen molar-refractivity contribution in [2.75, 3.05) is 0 Å². The highest BCUT2D eigenvalue weighted by atomic mass is 15.2. The summed E-state index contributed by atoms with van der Waals surface area (Å²) in [7, 11) is 1.92. The highest BCUT2D eigenvalue weighted by Gasteiger charge is 2.06. The number of imidazole rings is 1. The van der Waals surface area contributed by atoms with Gasteiger partial charge in [0, 0.05) is 19.8 Å². The van der Waals surface area contributed by atoms with E-state index < -0.39 is 0 Å². The molecule has 0 saturated carbocycles. The molecule has 0 spiro atoms. The van der Waals surface area contributed by atoms with Gasteiger partial charge in [0.2, 0.25) is 0 Å². The zero-order chi connectivity index (χ0) is 14.7. The van der Waals surface area contributed by atoms with E-state index in [1.165, 1.54) is 5.56 Å². The number of rotatable bonds is 4. The summed E-state index contributed by atoms with van der Waals surface area (Å²) in [6.45, 7) is 0.848. The van der Waals surface area contributed by atoms with Crippen LogP contribution in [-0.2, 0) is 20.0 Å². The fourth-order valence-corrected chi connectivity index (χ4v) is 2.31. The van der Waals surface area contributed by atoms with E-state index in [0.29, 0.717) is 5.56 Å². The number of hydrogen-bond acceptors (Lipinski definition) is 3. The van der Waals surface area contributed by atoms with E-state index in [4.69, 9.17) is 5.26 Å². The summed E-state index contributed by atoms with van der Waals surface area (Å²) >= 11 is 0. The molecular formula is C16H15N5. The van der Waals surface area contributed by atoms with Crippen molar-refractivity contribution in [3.05, 3.63) is 60.3 Å². The molecule has 0 unspecified atom stereocenters. The Morgan fingerprint density at radius 2 is 2.00 bits per heavy atom. The first-order chi connectivity index (χ1) is 10.3. The Morgan fingerprint density at radius 3 is 2.67 bits per heavy atom. The molecule has 0 amide bonds. The van der Waals surface area contributed by atoms with Crippen LogP contribution in [0.2, 0.25) is 0 Å². The van der Waals surface area contributed by atoms with E-state index in [1.807, 2.05) is 60.9 Å². The lowest BCUT2D eigenvalue weighted by molar-refractivity contribution is 0.700. The summed E-state index contributed by atoms with van der Waals surface area (Å²) < 4.78 is 3.93. The molecule has 0 bridgehead atoms. The van der Waals surface area contributed by atoms with E-state index in [0.717, 1.165) is 24.2 Å². The summed E-state index contributed by atoms with van der Waals surface area (Å²) in [4.78, 5) is 4.24. The molecule has 0 saturated heterocycles. The van der Waals surface area contributed by atoms with Gasteiger partial charge in [0.15, 0.2) is 0 Å². The number of aryl methyl sites for hydroxylation is 3. The van der Waals surface area contributed by atoms with Crippen molar-refractivity contribution >= 4 is 0 Å². The second kappa shape index (κ2) is 5.63. The van der Waals surface area contributed by atoms with Crippen LogP contribution in [0.1, 0.15) is 11.1 Å². The van der Waals surface area contributed by atoms with Crippen molar-refractivity contribution in [1.29, 1.82) is 5.26 Å². The minimum Gasteiger partial charge on any atom is -0.330 e. The van der Waals surface area contributed by atoms with Crippen molar-refractivity contribution in [2.45, 2.75) is 13.0 Å². The summed E-state index contributed by atoms with van der Waals surface area (Å²) in [5.74, 6) is 0. The van der Waals surface area contributed by atoms with Crippen LogP contribution in [0.15, 0.2) is 49.2 Å². The maximum atomic E-state index is 8.85. The van der Waals surface area contributed by atoms with Crippen molar-refractivity contribution in [1.82, 2.24) is 19.3 Å². The van der Waals surface area contributed by atoms with Gasteiger partial charge in [-0.25, -0.2) is 4.98 Å². The van der Waals surface area contributed by atoms with E-state index >= 15 is 0 Å². The lowest BCUT2D eigenvalue weighted by Gasteiger charge is -2.07. The Morgan fingerprint density at radius 1 is 1.19 bits per heavy atom. The number of benzene rings is 1. The second-order valence-corrected chi connectivity index (χ2v) is 4.93. The fraction of sp³-hybridized carbons (Fsp3) is 0.188. The van der Waals surface area contributed by atoms with Gasteiger partial charge in [0.1, 0.15) is 0 Å². The molecule has 1 aromatic carbocycles. The fourth-order valence-electron chi connectivity index (χ4n) is 2.31. The Balaban J connectivity index is 1.78. The zero-order valence-corrected chi connectivity index (χ0v) is 11.8. The normalized spacial score (nSPS) is 10.5. The molecule has 0 radical (unpaired) electrons. The van der Waals surface area contributed by atoms with Gasteiger partial charge < -0.3 is 4.57 Å². The van der Waals surface area contributed by atoms with Crippen LogP contribution in [0.3, 0.4) is 0 Å². The van der Waals surface area contributed by atoms with Gasteiger partial charge in [-0.2, -0.15) is 10.4 Å². The summed E-state index contributed by atoms with van der Waals surface area (Å²) in [5, 5.41) is 13.0. The van der Waals surface area contributed by atoms with Crippen molar-refractivity contribution in [3.8, 4) is 17.3 Å². The van der Waals surface area contributed by atoms with Crippen LogP contribution in [-0.4, -0.2) is 19.3 Å². The van der Waals surface area contributed by atoms with E-state index in [2.05, 4.69) is 20.7 Å². The van der Waals surface area contributed by atoms with Crippen molar-refractivity contribution in [3.63, 3.8) is 0 Å². The standard InChI is InChI=1S/C16H15N5/c1-20-11-14(9-19-20)6-7-21-12-18-10-16(21)15-4-2-13(8-17)3-5-15/h2-5,9-12H,6-7H2,1H3. The molecule has 3 aromatic rings. The third-order valence-electron chi connectivity index (χ3n) is 3.42. The van der Waals surface area contributed by atoms with Gasteiger partial charge in [0.05, 0.1) is 36.0 Å². The molecule has 0 aliphatic heterocycles. The van der Waals surface area contributed by atoms with Crippen LogP contribution in [0.4, 0.5) is 0 Å². The Bertz CT molecular complexity index is 774.